The average molecular weight is 307 g/mol. The topological polar surface area (TPSA) is 52.0 Å². The van der Waals surface area contributed by atoms with Crippen LogP contribution in [0.3, 0.4) is 0 Å². The molecule has 106 valence electrons. The summed E-state index contributed by atoms with van der Waals surface area (Å²) in [6.07, 6.45) is 0. The average Bonchev–Trinajstić information content (AvgIpc) is 2.85. The Morgan fingerprint density at radius 3 is 2.48 bits per heavy atom. The van der Waals surface area contributed by atoms with Crippen molar-refractivity contribution in [3.05, 3.63) is 59.1 Å². The van der Waals surface area contributed by atoms with E-state index in [1.54, 1.807) is 6.07 Å². The zero-order valence-electron chi connectivity index (χ0n) is 10.6. The van der Waals surface area contributed by atoms with Crippen LogP contribution in [0.4, 0.5) is 14.6 Å². The van der Waals surface area contributed by atoms with Crippen molar-refractivity contribution < 1.29 is 13.3 Å². The molecular weight excluding hydrogens is 298 g/mol. The molecule has 3 rings (SSSR count). The first-order chi connectivity index (χ1) is 10.1. The third-order valence-electron chi connectivity index (χ3n) is 3.05. The van der Waals surface area contributed by atoms with E-state index in [0.29, 0.717) is 11.1 Å². The van der Waals surface area contributed by atoms with Crippen LogP contribution in [0.15, 0.2) is 47.0 Å². The van der Waals surface area contributed by atoms with Gasteiger partial charge in [0.05, 0.1) is 16.1 Å². The van der Waals surface area contributed by atoms with Gasteiger partial charge >= 0.3 is 0 Å². The van der Waals surface area contributed by atoms with Gasteiger partial charge in [-0.1, -0.05) is 35.0 Å². The largest absolute Gasteiger partial charge is 0.380 e. The molecule has 0 aliphatic carbocycles. The highest BCUT2D eigenvalue weighted by molar-refractivity contribution is 6.31. The van der Waals surface area contributed by atoms with E-state index >= 15 is 0 Å². The molecule has 3 aromatic rings. The SMILES string of the molecule is Nc1noc(-c2cccc(Cl)c2F)c1-c1ccc(F)cc1. The lowest BCUT2D eigenvalue weighted by molar-refractivity contribution is 0.433. The highest BCUT2D eigenvalue weighted by atomic mass is 35.5. The second kappa shape index (κ2) is 5.18. The van der Waals surface area contributed by atoms with E-state index in [2.05, 4.69) is 5.16 Å². The van der Waals surface area contributed by atoms with Gasteiger partial charge in [0.1, 0.15) is 5.82 Å². The van der Waals surface area contributed by atoms with Crippen molar-refractivity contribution in [2.45, 2.75) is 0 Å². The summed E-state index contributed by atoms with van der Waals surface area (Å²) in [6.45, 7) is 0. The third kappa shape index (κ3) is 2.36. The van der Waals surface area contributed by atoms with Crippen LogP contribution in [-0.4, -0.2) is 5.16 Å². The second-order valence-corrected chi connectivity index (χ2v) is 4.79. The predicted molar refractivity (Wildman–Crippen MR) is 76.7 cm³/mol. The van der Waals surface area contributed by atoms with Crippen LogP contribution in [-0.2, 0) is 0 Å². The molecule has 0 atom stereocenters. The molecule has 0 spiro atoms. The molecule has 0 saturated carbocycles. The number of aromatic nitrogens is 1. The Labute approximate surface area is 123 Å². The Bertz CT molecular complexity index is 800. The van der Waals surface area contributed by atoms with E-state index in [1.807, 2.05) is 0 Å². The number of halogens is 3. The minimum atomic E-state index is -0.626. The molecule has 0 bridgehead atoms. The molecule has 0 amide bonds. The Morgan fingerprint density at radius 2 is 1.76 bits per heavy atom. The molecule has 0 aliphatic rings. The zero-order chi connectivity index (χ0) is 15.0. The lowest BCUT2D eigenvalue weighted by atomic mass is 10.0. The van der Waals surface area contributed by atoms with Gasteiger partial charge in [-0.05, 0) is 29.8 Å². The molecule has 2 N–H and O–H groups in total. The maximum absolute atomic E-state index is 14.1. The standard InChI is InChI=1S/C15H9ClF2N2O/c16-11-3-1-2-10(13(11)18)14-12(15(19)20-21-14)8-4-6-9(17)7-5-8/h1-7H,(H2,19,20). The molecule has 2 aromatic carbocycles. The number of nitrogen functional groups attached to an aromatic ring is 1. The van der Waals surface area contributed by atoms with E-state index in [4.69, 9.17) is 21.9 Å². The number of hydrogen-bond acceptors (Lipinski definition) is 3. The van der Waals surface area contributed by atoms with E-state index in [9.17, 15) is 8.78 Å². The number of nitrogens with two attached hydrogens (primary N) is 1. The summed E-state index contributed by atoms with van der Waals surface area (Å²) in [5.74, 6) is -0.766. The lowest BCUT2D eigenvalue weighted by Gasteiger charge is -2.05. The summed E-state index contributed by atoms with van der Waals surface area (Å²) in [5, 5.41) is 3.63. The summed E-state index contributed by atoms with van der Waals surface area (Å²) in [5.41, 5.74) is 6.90. The Balaban J connectivity index is 2.22. The quantitative estimate of drug-likeness (QED) is 0.757. The fourth-order valence-corrected chi connectivity index (χ4v) is 2.24. The van der Waals surface area contributed by atoms with Gasteiger partial charge in [-0.15, -0.1) is 0 Å². The molecular formula is C15H9ClF2N2O. The van der Waals surface area contributed by atoms with E-state index < -0.39 is 5.82 Å². The Kier molecular flexibility index (Phi) is 3.35. The van der Waals surface area contributed by atoms with Crippen molar-refractivity contribution in [2.75, 3.05) is 5.73 Å². The van der Waals surface area contributed by atoms with Crippen molar-refractivity contribution in [3.63, 3.8) is 0 Å². The fourth-order valence-electron chi connectivity index (χ4n) is 2.06. The lowest BCUT2D eigenvalue weighted by Crippen LogP contribution is -1.90. The molecule has 0 aliphatic heterocycles. The van der Waals surface area contributed by atoms with Crippen LogP contribution in [0, 0.1) is 11.6 Å². The van der Waals surface area contributed by atoms with Crippen LogP contribution < -0.4 is 5.73 Å². The summed E-state index contributed by atoms with van der Waals surface area (Å²) in [7, 11) is 0. The number of hydrogen-bond donors (Lipinski definition) is 1. The van der Waals surface area contributed by atoms with Gasteiger partial charge in [0.2, 0.25) is 0 Å². The first kappa shape index (κ1) is 13.6. The van der Waals surface area contributed by atoms with Crippen LogP contribution >= 0.6 is 11.6 Å². The number of anilines is 1. The first-order valence-corrected chi connectivity index (χ1v) is 6.41. The van der Waals surface area contributed by atoms with Crippen molar-refractivity contribution >= 4 is 17.4 Å². The van der Waals surface area contributed by atoms with E-state index in [-0.39, 0.29) is 28.0 Å². The van der Waals surface area contributed by atoms with Gasteiger partial charge in [0.25, 0.3) is 0 Å². The molecule has 0 fully saturated rings. The van der Waals surface area contributed by atoms with Crippen molar-refractivity contribution in [2.24, 2.45) is 0 Å². The highest BCUT2D eigenvalue weighted by Gasteiger charge is 2.21. The van der Waals surface area contributed by atoms with Gasteiger partial charge in [-0.2, -0.15) is 0 Å². The van der Waals surface area contributed by atoms with Crippen molar-refractivity contribution in [1.29, 1.82) is 0 Å². The molecule has 0 unspecified atom stereocenters. The predicted octanol–water partition coefficient (Wildman–Crippen LogP) is 4.52. The van der Waals surface area contributed by atoms with Crippen LogP contribution in [0.1, 0.15) is 0 Å². The fraction of sp³-hybridized carbons (Fsp3) is 0. The normalized spacial score (nSPS) is 10.8. The summed E-state index contributed by atoms with van der Waals surface area (Å²) in [4.78, 5) is 0. The molecule has 1 aromatic heterocycles. The van der Waals surface area contributed by atoms with E-state index in [1.165, 1.54) is 36.4 Å². The minimum Gasteiger partial charge on any atom is -0.380 e. The Morgan fingerprint density at radius 1 is 1.05 bits per heavy atom. The van der Waals surface area contributed by atoms with Gasteiger partial charge in [-0.3, -0.25) is 0 Å². The smallest absolute Gasteiger partial charge is 0.179 e. The molecule has 3 nitrogen and oxygen atoms in total. The van der Waals surface area contributed by atoms with Gasteiger partial charge in [-0.25, -0.2) is 8.78 Å². The second-order valence-electron chi connectivity index (χ2n) is 4.38. The molecule has 1 heterocycles. The monoisotopic (exact) mass is 306 g/mol. The summed E-state index contributed by atoms with van der Waals surface area (Å²) < 4.78 is 32.3. The van der Waals surface area contributed by atoms with Crippen LogP contribution in [0.5, 0.6) is 0 Å². The summed E-state index contributed by atoms with van der Waals surface area (Å²) in [6, 6.07) is 10.1. The first-order valence-electron chi connectivity index (χ1n) is 6.03. The van der Waals surface area contributed by atoms with Gasteiger partial charge in [0, 0.05) is 0 Å². The van der Waals surface area contributed by atoms with E-state index in [0.717, 1.165) is 0 Å². The zero-order valence-corrected chi connectivity index (χ0v) is 11.4. The maximum Gasteiger partial charge on any atom is 0.179 e. The maximum atomic E-state index is 14.1. The molecule has 0 saturated heterocycles. The van der Waals surface area contributed by atoms with Crippen LogP contribution in [0.2, 0.25) is 5.02 Å². The highest BCUT2D eigenvalue weighted by Crippen LogP contribution is 2.38. The molecule has 0 radical (unpaired) electrons. The van der Waals surface area contributed by atoms with Gasteiger partial charge < -0.3 is 10.3 Å². The Hall–Kier alpha value is -2.40. The minimum absolute atomic E-state index is 0.0347. The van der Waals surface area contributed by atoms with Crippen molar-refractivity contribution in [3.8, 4) is 22.5 Å². The van der Waals surface area contributed by atoms with Crippen LogP contribution in [0.25, 0.3) is 22.5 Å². The third-order valence-corrected chi connectivity index (χ3v) is 3.34. The van der Waals surface area contributed by atoms with Gasteiger partial charge in [0.15, 0.2) is 17.4 Å². The summed E-state index contributed by atoms with van der Waals surface area (Å²) >= 11 is 5.77. The number of benzene rings is 2. The molecule has 6 heteroatoms. The van der Waals surface area contributed by atoms with Crippen molar-refractivity contribution in [1.82, 2.24) is 5.16 Å². The molecule has 21 heavy (non-hydrogen) atoms. The number of nitrogens with zero attached hydrogens (tertiary/aromatic N) is 1. The number of rotatable bonds is 2.